The van der Waals surface area contributed by atoms with Crippen LogP contribution in [0.15, 0.2) is 48.5 Å². The number of carbonyl (C=O) groups is 1. The number of benzene rings is 2. The van der Waals surface area contributed by atoms with E-state index >= 15 is 0 Å². The summed E-state index contributed by atoms with van der Waals surface area (Å²) in [6.07, 6.45) is 2.00. The molecular formula is C23H29NO3. The highest BCUT2D eigenvalue weighted by Crippen LogP contribution is 2.42. The van der Waals surface area contributed by atoms with Gasteiger partial charge in [-0.05, 0) is 50.5 Å². The van der Waals surface area contributed by atoms with Crippen LogP contribution in [0.4, 0.5) is 0 Å². The molecule has 2 aromatic carbocycles. The first-order chi connectivity index (χ1) is 13.0. The predicted octanol–water partition coefficient (Wildman–Crippen LogP) is 4.96. The van der Waals surface area contributed by atoms with E-state index in [2.05, 4.69) is 19.2 Å². The number of aryl methyl sites for hydroxylation is 1. The quantitative estimate of drug-likeness (QED) is 0.785. The van der Waals surface area contributed by atoms with Crippen LogP contribution in [0.1, 0.15) is 57.2 Å². The molecule has 2 atom stereocenters. The van der Waals surface area contributed by atoms with Gasteiger partial charge in [0.15, 0.2) is 6.10 Å². The smallest absolute Gasteiger partial charge is 0.261 e. The van der Waals surface area contributed by atoms with E-state index in [0.29, 0.717) is 5.75 Å². The molecule has 27 heavy (non-hydrogen) atoms. The Hall–Kier alpha value is -2.49. The molecule has 2 aromatic rings. The van der Waals surface area contributed by atoms with Gasteiger partial charge in [-0.15, -0.1) is 0 Å². The number of amides is 1. The summed E-state index contributed by atoms with van der Waals surface area (Å²) >= 11 is 0. The predicted molar refractivity (Wildman–Crippen MR) is 107 cm³/mol. The van der Waals surface area contributed by atoms with Crippen LogP contribution in [0.2, 0.25) is 0 Å². The summed E-state index contributed by atoms with van der Waals surface area (Å²) in [5, 5.41) is 3.19. The lowest BCUT2D eigenvalue weighted by molar-refractivity contribution is -0.128. The van der Waals surface area contributed by atoms with Crippen molar-refractivity contribution < 1.29 is 14.3 Å². The summed E-state index contributed by atoms with van der Waals surface area (Å²) in [4.78, 5) is 12.8. The molecule has 4 heteroatoms. The molecule has 0 spiro atoms. The van der Waals surface area contributed by atoms with Crippen LogP contribution in [-0.4, -0.2) is 17.6 Å². The molecule has 1 amide bonds. The average molecular weight is 367 g/mol. The lowest BCUT2D eigenvalue weighted by Crippen LogP contribution is -2.46. The van der Waals surface area contributed by atoms with Crippen LogP contribution in [0.3, 0.4) is 0 Å². The third-order valence-electron chi connectivity index (χ3n) is 5.47. The summed E-state index contributed by atoms with van der Waals surface area (Å²) in [7, 11) is 0. The maximum atomic E-state index is 12.8. The zero-order valence-electron chi connectivity index (χ0n) is 16.6. The largest absolute Gasteiger partial charge is 0.487 e. The van der Waals surface area contributed by atoms with E-state index in [1.54, 1.807) is 6.92 Å². The van der Waals surface area contributed by atoms with Gasteiger partial charge in [-0.1, -0.05) is 44.2 Å². The highest BCUT2D eigenvalue weighted by Gasteiger charge is 2.39. The Kier molecular flexibility index (Phi) is 5.73. The summed E-state index contributed by atoms with van der Waals surface area (Å²) in [6.45, 7) is 8.07. The summed E-state index contributed by atoms with van der Waals surface area (Å²) in [6, 6.07) is 15.6. The molecule has 1 N–H and O–H groups in total. The fourth-order valence-electron chi connectivity index (χ4n) is 3.67. The number of nitrogens with one attached hydrogen (secondary N) is 1. The molecule has 1 aliphatic rings. The van der Waals surface area contributed by atoms with Gasteiger partial charge >= 0.3 is 0 Å². The maximum absolute atomic E-state index is 12.8. The minimum absolute atomic E-state index is 0.0779. The van der Waals surface area contributed by atoms with Crippen LogP contribution in [0.5, 0.6) is 11.5 Å². The van der Waals surface area contributed by atoms with Crippen molar-refractivity contribution in [3.63, 3.8) is 0 Å². The highest BCUT2D eigenvalue weighted by molar-refractivity contribution is 5.81. The fraction of sp³-hybridized carbons (Fsp3) is 0.435. The first-order valence-corrected chi connectivity index (χ1v) is 9.78. The zero-order chi connectivity index (χ0) is 19.4. The number of carbonyl (C=O) groups excluding carboxylic acids is 1. The van der Waals surface area contributed by atoms with Gasteiger partial charge in [-0.2, -0.15) is 0 Å². The maximum Gasteiger partial charge on any atom is 0.261 e. The van der Waals surface area contributed by atoms with Crippen molar-refractivity contribution in [2.75, 3.05) is 0 Å². The molecule has 0 unspecified atom stereocenters. The molecule has 1 aliphatic heterocycles. The van der Waals surface area contributed by atoms with E-state index < -0.39 is 6.10 Å². The number of para-hydroxylation sites is 1. The fourth-order valence-corrected chi connectivity index (χ4v) is 3.67. The van der Waals surface area contributed by atoms with E-state index in [1.165, 1.54) is 0 Å². The normalized spacial score (nSPS) is 18.7. The Balaban J connectivity index is 1.75. The number of hydrogen-bond donors (Lipinski definition) is 1. The van der Waals surface area contributed by atoms with Gasteiger partial charge in [0, 0.05) is 12.0 Å². The Morgan fingerprint density at radius 3 is 2.67 bits per heavy atom. The van der Waals surface area contributed by atoms with E-state index in [4.69, 9.17) is 9.47 Å². The molecule has 0 aromatic heterocycles. The molecule has 1 heterocycles. The molecule has 3 rings (SSSR count). The summed E-state index contributed by atoms with van der Waals surface area (Å²) in [5.74, 6) is 1.46. The van der Waals surface area contributed by atoms with E-state index in [9.17, 15) is 4.79 Å². The van der Waals surface area contributed by atoms with Gasteiger partial charge in [-0.3, -0.25) is 4.79 Å². The first kappa shape index (κ1) is 19.3. The van der Waals surface area contributed by atoms with Gasteiger partial charge < -0.3 is 14.8 Å². The third-order valence-corrected chi connectivity index (χ3v) is 5.47. The standard InChI is InChI=1S/C23H29NO3/c1-5-23(6-2)15-20(19-12-7-8-13-21(19)27-23)24-22(25)17(4)26-18-11-9-10-16(3)14-18/h7-14,17,20H,5-6,15H2,1-4H3,(H,24,25)/t17-,20+/m0/s1. The van der Waals surface area contributed by atoms with Gasteiger partial charge in [0.1, 0.15) is 17.1 Å². The first-order valence-electron chi connectivity index (χ1n) is 9.78. The Morgan fingerprint density at radius 1 is 1.22 bits per heavy atom. The monoisotopic (exact) mass is 367 g/mol. The van der Waals surface area contributed by atoms with Crippen molar-refractivity contribution in [3.05, 3.63) is 59.7 Å². The highest BCUT2D eigenvalue weighted by atomic mass is 16.5. The number of fused-ring (bicyclic) bond motifs is 1. The molecule has 144 valence electrons. The van der Waals surface area contributed by atoms with Crippen molar-refractivity contribution in [1.82, 2.24) is 5.32 Å². The molecule has 0 bridgehead atoms. The molecule has 0 saturated heterocycles. The minimum atomic E-state index is -0.570. The molecular weight excluding hydrogens is 338 g/mol. The molecule has 0 radical (unpaired) electrons. The van der Waals surface area contributed by atoms with Crippen molar-refractivity contribution in [3.8, 4) is 11.5 Å². The SMILES string of the molecule is CCC1(CC)C[C@@H](NC(=O)[C@H](C)Oc2cccc(C)c2)c2ccccc2O1. The van der Waals surface area contributed by atoms with E-state index in [1.807, 2.05) is 55.5 Å². The lowest BCUT2D eigenvalue weighted by atomic mass is 9.83. The number of hydrogen-bond acceptors (Lipinski definition) is 3. The van der Waals surface area contributed by atoms with Crippen molar-refractivity contribution in [2.45, 2.75) is 64.7 Å². The van der Waals surface area contributed by atoms with Crippen molar-refractivity contribution >= 4 is 5.91 Å². The number of rotatable bonds is 6. The second-order valence-corrected chi connectivity index (χ2v) is 7.37. The van der Waals surface area contributed by atoms with Crippen LogP contribution < -0.4 is 14.8 Å². The second kappa shape index (κ2) is 8.03. The number of ether oxygens (including phenoxy) is 2. The van der Waals surface area contributed by atoms with Crippen LogP contribution >= 0.6 is 0 Å². The molecule has 4 nitrogen and oxygen atoms in total. The Bertz CT molecular complexity index is 798. The minimum Gasteiger partial charge on any atom is -0.487 e. The average Bonchev–Trinajstić information content (AvgIpc) is 2.67. The van der Waals surface area contributed by atoms with Crippen LogP contribution in [-0.2, 0) is 4.79 Å². The van der Waals surface area contributed by atoms with Crippen LogP contribution in [0, 0.1) is 6.92 Å². The zero-order valence-corrected chi connectivity index (χ0v) is 16.6. The summed E-state index contributed by atoms with van der Waals surface area (Å²) < 4.78 is 12.2. The van der Waals surface area contributed by atoms with Gasteiger partial charge in [0.05, 0.1) is 6.04 Å². The molecule has 0 saturated carbocycles. The van der Waals surface area contributed by atoms with Crippen molar-refractivity contribution in [1.29, 1.82) is 0 Å². The van der Waals surface area contributed by atoms with E-state index in [-0.39, 0.29) is 17.6 Å². The molecule has 0 aliphatic carbocycles. The third kappa shape index (κ3) is 4.26. The van der Waals surface area contributed by atoms with Crippen molar-refractivity contribution in [2.24, 2.45) is 0 Å². The topological polar surface area (TPSA) is 47.6 Å². The van der Waals surface area contributed by atoms with E-state index in [0.717, 1.165) is 36.1 Å². The Labute approximate surface area is 161 Å². The van der Waals surface area contributed by atoms with Gasteiger partial charge in [0.25, 0.3) is 5.91 Å². The lowest BCUT2D eigenvalue weighted by Gasteiger charge is -2.41. The van der Waals surface area contributed by atoms with Crippen LogP contribution in [0.25, 0.3) is 0 Å². The van der Waals surface area contributed by atoms with Gasteiger partial charge in [-0.25, -0.2) is 0 Å². The van der Waals surface area contributed by atoms with Gasteiger partial charge in [0.2, 0.25) is 0 Å². The summed E-state index contributed by atoms with van der Waals surface area (Å²) in [5.41, 5.74) is 1.90. The second-order valence-electron chi connectivity index (χ2n) is 7.37. The molecule has 0 fully saturated rings. The Morgan fingerprint density at radius 2 is 1.96 bits per heavy atom.